The van der Waals surface area contributed by atoms with E-state index in [1.54, 1.807) is 13.3 Å². The van der Waals surface area contributed by atoms with Crippen molar-refractivity contribution in [3.63, 3.8) is 0 Å². The highest BCUT2D eigenvalue weighted by Gasteiger charge is 2.39. The fourth-order valence-electron chi connectivity index (χ4n) is 4.87. The second kappa shape index (κ2) is 10.1. The van der Waals surface area contributed by atoms with Gasteiger partial charge in [-0.15, -0.1) is 0 Å². The molecule has 1 aromatic carbocycles. The van der Waals surface area contributed by atoms with Crippen LogP contribution in [0.4, 0.5) is 0 Å². The van der Waals surface area contributed by atoms with Crippen LogP contribution < -0.4 is 9.47 Å². The molecule has 0 spiro atoms. The fourth-order valence-corrected chi connectivity index (χ4v) is 4.87. The van der Waals surface area contributed by atoms with Crippen LogP contribution in [0.25, 0.3) is 0 Å². The Bertz CT molecular complexity index is 978. The number of ether oxygens (including phenoxy) is 3. The Morgan fingerprint density at radius 3 is 2.47 bits per heavy atom. The van der Waals surface area contributed by atoms with Gasteiger partial charge in [-0.25, -0.2) is 4.98 Å². The average Bonchev–Trinajstić information content (AvgIpc) is 3.36. The summed E-state index contributed by atoms with van der Waals surface area (Å²) in [4.78, 5) is 16.5. The number of aromatic nitrogens is 1. The number of hydrogen-bond donors (Lipinski definition) is 0. The van der Waals surface area contributed by atoms with Crippen molar-refractivity contribution in [1.29, 1.82) is 0 Å². The first-order chi connectivity index (χ1) is 15.6. The van der Waals surface area contributed by atoms with Gasteiger partial charge in [0.05, 0.1) is 31.7 Å². The molecule has 2 aromatic rings. The third-order valence-electron chi connectivity index (χ3n) is 6.78. The average molecular weight is 434 g/mol. The number of pyridine rings is 1. The van der Waals surface area contributed by atoms with E-state index in [2.05, 4.69) is 29.0 Å². The maximum absolute atomic E-state index is 12.1. The molecule has 2 aliphatic rings. The maximum Gasteiger partial charge on any atom is 0.308 e. The zero-order valence-corrected chi connectivity index (χ0v) is 18.9. The maximum atomic E-state index is 12.1. The number of nitrogens with zero attached hydrogens (tertiary/aromatic N) is 1. The van der Waals surface area contributed by atoms with E-state index in [1.165, 1.54) is 20.0 Å². The summed E-state index contributed by atoms with van der Waals surface area (Å²) in [6.07, 6.45) is 9.63. The number of esters is 1. The van der Waals surface area contributed by atoms with E-state index < -0.39 is 0 Å². The van der Waals surface area contributed by atoms with Crippen molar-refractivity contribution in [2.75, 3.05) is 14.2 Å². The van der Waals surface area contributed by atoms with Crippen LogP contribution in [0.1, 0.15) is 62.6 Å². The SMILES string of the molecule is COC(=O)C1CCC(C#Cc2ccccn2)(c2ccc(OC)c(OC3CCCC3)c2)CC1. The molecule has 32 heavy (non-hydrogen) atoms. The molecule has 0 unspecified atom stereocenters. The van der Waals surface area contributed by atoms with Crippen molar-refractivity contribution < 1.29 is 19.0 Å². The first-order valence-corrected chi connectivity index (χ1v) is 11.5. The Morgan fingerprint density at radius 1 is 1.03 bits per heavy atom. The van der Waals surface area contributed by atoms with Crippen molar-refractivity contribution in [1.82, 2.24) is 4.98 Å². The summed E-state index contributed by atoms with van der Waals surface area (Å²) >= 11 is 0. The second-order valence-corrected chi connectivity index (χ2v) is 8.73. The van der Waals surface area contributed by atoms with E-state index in [1.807, 2.05) is 24.3 Å². The Morgan fingerprint density at radius 2 is 1.81 bits per heavy atom. The van der Waals surface area contributed by atoms with E-state index in [0.717, 1.165) is 61.3 Å². The molecule has 5 nitrogen and oxygen atoms in total. The molecule has 5 heteroatoms. The lowest BCUT2D eigenvalue weighted by Crippen LogP contribution is -2.33. The Labute approximate surface area is 190 Å². The highest BCUT2D eigenvalue weighted by Crippen LogP contribution is 2.44. The van der Waals surface area contributed by atoms with Crippen molar-refractivity contribution in [3.8, 4) is 23.3 Å². The van der Waals surface area contributed by atoms with Gasteiger partial charge in [-0.05, 0) is 87.1 Å². The van der Waals surface area contributed by atoms with Gasteiger partial charge in [0, 0.05) is 6.20 Å². The van der Waals surface area contributed by atoms with Gasteiger partial charge in [-0.3, -0.25) is 4.79 Å². The lowest BCUT2D eigenvalue weighted by molar-refractivity contribution is -0.146. The normalized spacial score (nSPS) is 23.1. The zero-order chi connectivity index (χ0) is 22.4. The molecule has 2 aliphatic carbocycles. The molecule has 168 valence electrons. The molecule has 0 amide bonds. The Balaban J connectivity index is 1.68. The molecule has 2 fully saturated rings. The molecule has 0 atom stereocenters. The molecule has 0 bridgehead atoms. The second-order valence-electron chi connectivity index (χ2n) is 8.73. The number of hydrogen-bond acceptors (Lipinski definition) is 5. The van der Waals surface area contributed by atoms with Crippen molar-refractivity contribution in [2.45, 2.75) is 62.9 Å². The fraction of sp³-hybridized carbons (Fsp3) is 0.481. The summed E-state index contributed by atoms with van der Waals surface area (Å²) in [6, 6.07) is 11.9. The van der Waals surface area contributed by atoms with E-state index in [4.69, 9.17) is 14.2 Å². The molecule has 1 heterocycles. The summed E-state index contributed by atoms with van der Waals surface area (Å²) in [5.41, 5.74) is 1.48. The topological polar surface area (TPSA) is 57.7 Å². The third-order valence-corrected chi connectivity index (χ3v) is 6.78. The standard InChI is InChI=1S/C27H31NO4/c1-30-24-11-10-21(19-25(24)32-23-8-3-4-9-23)27(17-14-22-7-5-6-18-28-22)15-12-20(13-16-27)26(29)31-2/h5-7,10-11,18-20,23H,3-4,8-9,12-13,15-16H2,1-2H3. The van der Waals surface area contributed by atoms with E-state index >= 15 is 0 Å². The summed E-state index contributed by atoms with van der Waals surface area (Å²) in [6.45, 7) is 0. The molecule has 2 saturated carbocycles. The summed E-state index contributed by atoms with van der Waals surface area (Å²) in [5, 5.41) is 0. The number of methoxy groups -OCH3 is 2. The predicted molar refractivity (Wildman–Crippen MR) is 123 cm³/mol. The van der Waals surface area contributed by atoms with Crippen LogP contribution in [-0.4, -0.2) is 31.3 Å². The van der Waals surface area contributed by atoms with Crippen LogP contribution in [0.15, 0.2) is 42.6 Å². The first-order valence-electron chi connectivity index (χ1n) is 11.5. The van der Waals surface area contributed by atoms with Crippen molar-refractivity contribution >= 4 is 5.97 Å². The number of rotatable bonds is 5. The smallest absolute Gasteiger partial charge is 0.308 e. The predicted octanol–water partition coefficient (Wildman–Crippen LogP) is 5.06. The minimum atomic E-state index is -0.373. The summed E-state index contributed by atoms with van der Waals surface area (Å²) in [5.74, 6) is 8.16. The van der Waals surface area contributed by atoms with Crippen LogP contribution in [0.3, 0.4) is 0 Å². The molecular formula is C27H31NO4. The Kier molecular flexibility index (Phi) is 6.99. The molecule has 1 aromatic heterocycles. The van der Waals surface area contributed by atoms with Crippen LogP contribution in [0, 0.1) is 17.8 Å². The number of carbonyl (C=O) groups excluding carboxylic acids is 1. The summed E-state index contributed by atoms with van der Waals surface area (Å²) < 4.78 is 16.9. The number of carbonyl (C=O) groups is 1. The minimum absolute atomic E-state index is 0.0720. The first kappa shape index (κ1) is 22.2. The lowest BCUT2D eigenvalue weighted by atomic mass is 9.67. The monoisotopic (exact) mass is 433 g/mol. The van der Waals surface area contributed by atoms with E-state index in [9.17, 15) is 4.79 Å². The molecule has 0 N–H and O–H groups in total. The molecule has 4 rings (SSSR count). The van der Waals surface area contributed by atoms with Crippen LogP contribution in [0.5, 0.6) is 11.5 Å². The van der Waals surface area contributed by atoms with E-state index in [0.29, 0.717) is 0 Å². The minimum Gasteiger partial charge on any atom is -0.493 e. The molecular weight excluding hydrogens is 402 g/mol. The van der Waals surface area contributed by atoms with Crippen molar-refractivity contribution in [3.05, 3.63) is 53.9 Å². The molecule has 0 saturated heterocycles. The highest BCUT2D eigenvalue weighted by atomic mass is 16.5. The van der Waals surface area contributed by atoms with Gasteiger partial charge in [-0.2, -0.15) is 0 Å². The third kappa shape index (κ3) is 4.91. The largest absolute Gasteiger partial charge is 0.493 e. The zero-order valence-electron chi connectivity index (χ0n) is 18.9. The Hall–Kier alpha value is -3.00. The van der Waals surface area contributed by atoms with Gasteiger partial charge in [0.15, 0.2) is 11.5 Å². The van der Waals surface area contributed by atoms with Crippen LogP contribution in [-0.2, 0) is 14.9 Å². The van der Waals surface area contributed by atoms with Gasteiger partial charge < -0.3 is 14.2 Å². The molecule has 0 aliphatic heterocycles. The van der Waals surface area contributed by atoms with E-state index in [-0.39, 0.29) is 23.4 Å². The molecule has 0 radical (unpaired) electrons. The van der Waals surface area contributed by atoms with Gasteiger partial charge in [0.2, 0.25) is 0 Å². The van der Waals surface area contributed by atoms with Gasteiger partial charge in [0.1, 0.15) is 5.69 Å². The quantitative estimate of drug-likeness (QED) is 0.487. The van der Waals surface area contributed by atoms with Crippen LogP contribution in [0.2, 0.25) is 0 Å². The van der Waals surface area contributed by atoms with Crippen molar-refractivity contribution in [2.24, 2.45) is 5.92 Å². The van der Waals surface area contributed by atoms with Crippen LogP contribution >= 0.6 is 0 Å². The van der Waals surface area contributed by atoms with Gasteiger partial charge in [0.25, 0.3) is 0 Å². The number of benzene rings is 1. The van der Waals surface area contributed by atoms with Gasteiger partial charge in [-0.1, -0.05) is 18.1 Å². The van der Waals surface area contributed by atoms with Gasteiger partial charge >= 0.3 is 5.97 Å². The highest BCUT2D eigenvalue weighted by molar-refractivity contribution is 5.72. The summed E-state index contributed by atoms with van der Waals surface area (Å²) in [7, 11) is 3.13. The lowest BCUT2D eigenvalue weighted by Gasteiger charge is -2.36.